The van der Waals surface area contributed by atoms with Crippen molar-refractivity contribution in [3.63, 3.8) is 0 Å². The van der Waals surface area contributed by atoms with Gasteiger partial charge in [-0.2, -0.15) is 0 Å². The van der Waals surface area contributed by atoms with Gasteiger partial charge in [0, 0.05) is 0 Å². The van der Waals surface area contributed by atoms with E-state index in [1.165, 1.54) is 13.2 Å². The van der Waals surface area contributed by atoms with Crippen molar-refractivity contribution in [3.05, 3.63) is 59.2 Å². The third-order valence-corrected chi connectivity index (χ3v) is 3.24. The molecule has 21 heavy (non-hydrogen) atoms. The zero-order valence-corrected chi connectivity index (χ0v) is 12.1. The molecule has 0 spiro atoms. The van der Waals surface area contributed by atoms with Gasteiger partial charge < -0.3 is 14.6 Å². The SMILES string of the molecule is CCc1ccccc1OCc1ccc(C(=O)O)c(OC)c1. The van der Waals surface area contributed by atoms with Gasteiger partial charge in [-0.3, -0.25) is 0 Å². The molecule has 110 valence electrons. The standard InChI is InChI=1S/C17H18O4/c1-3-13-6-4-5-7-15(13)21-11-12-8-9-14(17(18)19)16(10-12)20-2/h4-10H,3,11H2,1-2H3,(H,18,19). The molecule has 0 aliphatic rings. The van der Waals surface area contributed by atoms with E-state index >= 15 is 0 Å². The molecule has 4 nitrogen and oxygen atoms in total. The van der Waals surface area contributed by atoms with Gasteiger partial charge in [-0.05, 0) is 35.7 Å². The number of aromatic carboxylic acids is 1. The molecular weight excluding hydrogens is 268 g/mol. The Bertz CT molecular complexity index is 634. The first kappa shape index (κ1) is 14.9. The van der Waals surface area contributed by atoms with Crippen LogP contribution in [-0.4, -0.2) is 18.2 Å². The van der Waals surface area contributed by atoms with Crippen LogP contribution in [0.5, 0.6) is 11.5 Å². The molecule has 2 aromatic carbocycles. The number of aryl methyl sites for hydroxylation is 1. The summed E-state index contributed by atoms with van der Waals surface area (Å²) >= 11 is 0. The van der Waals surface area contributed by atoms with Gasteiger partial charge in [-0.25, -0.2) is 4.79 Å². The van der Waals surface area contributed by atoms with Crippen LogP contribution in [0.15, 0.2) is 42.5 Å². The zero-order chi connectivity index (χ0) is 15.2. The van der Waals surface area contributed by atoms with Gasteiger partial charge in [-0.1, -0.05) is 31.2 Å². The van der Waals surface area contributed by atoms with Crippen molar-refractivity contribution < 1.29 is 19.4 Å². The van der Waals surface area contributed by atoms with Crippen LogP contribution in [0.1, 0.15) is 28.4 Å². The molecule has 2 aromatic rings. The highest BCUT2D eigenvalue weighted by Gasteiger charge is 2.11. The average Bonchev–Trinajstić information content (AvgIpc) is 2.52. The van der Waals surface area contributed by atoms with Gasteiger partial charge in [0.15, 0.2) is 0 Å². The second kappa shape index (κ2) is 6.79. The maximum absolute atomic E-state index is 11.0. The Balaban J connectivity index is 2.15. The zero-order valence-electron chi connectivity index (χ0n) is 12.1. The number of rotatable bonds is 6. The molecule has 0 aliphatic heterocycles. The van der Waals surface area contributed by atoms with Crippen molar-refractivity contribution in [2.45, 2.75) is 20.0 Å². The largest absolute Gasteiger partial charge is 0.496 e. The highest BCUT2D eigenvalue weighted by molar-refractivity contribution is 5.90. The Morgan fingerprint density at radius 2 is 1.90 bits per heavy atom. The quantitative estimate of drug-likeness (QED) is 0.882. The fourth-order valence-electron chi connectivity index (χ4n) is 2.10. The minimum absolute atomic E-state index is 0.148. The third-order valence-electron chi connectivity index (χ3n) is 3.24. The topological polar surface area (TPSA) is 55.8 Å². The highest BCUT2D eigenvalue weighted by atomic mass is 16.5. The minimum Gasteiger partial charge on any atom is -0.496 e. The average molecular weight is 286 g/mol. The molecule has 4 heteroatoms. The molecule has 2 rings (SSSR count). The third kappa shape index (κ3) is 3.54. The lowest BCUT2D eigenvalue weighted by Crippen LogP contribution is -2.03. The van der Waals surface area contributed by atoms with Crippen molar-refractivity contribution in [2.24, 2.45) is 0 Å². The smallest absolute Gasteiger partial charge is 0.339 e. The molecule has 0 aromatic heterocycles. The van der Waals surface area contributed by atoms with E-state index in [4.69, 9.17) is 14.6 Å². The molecule has 0 bridgehead atoms. The summed E-state index contributed by atoms with van der Waals surface area (Å²) in [6.45, 7) is 2.44. The summed E-state index contributed by atoms with van der Waals surface area (Å²) < 4.78 is 10.9. The van der Waals surface area contributed by atoms with Crippen LogP contribution in [0.2, 0.25) is 0 Å². The second-order valence-corrected chi connectivity index (χ2v) is 4.59. The summed E-state index contributed by atoms with van der Waals surface area (Å²) in [7, 11) is 1.46. The summed E-state index contributed by atoms with van der Waals surface area (Å²) in [5.74, 6) is 0.185. The molecule has 0 heterocycles. The van der Waals surface area contributed by atoms with Crippen LogP contribution in [0.25, 0.3) is 0 Å². The fraction of sp³-hybridized carbons (Fsp3) is 0.235. The van der Waals surface area contributed by atoms with Crippen LogP contribution in [0, 0.1) is 0 Å². The Kier molecular flexibility index (Phi) is 4.82. The van der Waals surface area contributed by atoms with Gasteiger partial charge in [0.2, 0.25) is 0 Å². The van der Waals surface area contributed by atoms with Gasteiger partial charge in [0.05, 0.1) is 7.11 Å². The van der Waals surface area contributed by atoms with Crippen molar-refractivity contribution in [1.82, 2.24) is 0 Å². The Hall–Kier alpha value is -2.49. The lowest BCUT2D eigenvalue weighted by Gasteiger charge is -2.12. The number of ether oxygens (including phenoxy) is 2. The van der Waals surface area contributed by atoms with Crippen molar-refractivity contribution in [2.75, 3.05) is 7.11 Å². The van der Waals surface area contributed by atoms with E-state index < -0.39 is 5.97 Å². The van der Waals surface area contributed by atoms with Gasteiger partial charge in [0.25, 0.3) is 0 Å². The predicted octanol–water partition coefficient (Wildman–Crippen LogP) is 3.53. The van der Waals surface area contributed by atoms with Crippen molar-refractivity contribution >= 4 is 5.97 Å². The Morgan fingerprint density at radius 3 is 2.57 bits per heavy atom. The van der Waals surface area contributed by atoms with Crippen molar-refractivity contribution in [1.29, 1.82) is 0 Å². The van der Waals surface area contributed by atoms with E-state index in [-0.39, 0.29) is 5.56 Å². The molecule has 0 fully saturated rings. The first-order chi connectivity index (χ1) is 10.2. The maximum atomic E-state index is 11.0. The predicted molar refractivity (Wildman–Crippen MR) is 80.1 cm³/mol. The molecule has 0 saturated heterocycles. The molecule has 0 radical (unpaired) electrons. The minimum atomic E-state index is -1.00. The first-order valence-corrected chi connectivity index (χ1v) is 6.76. The number of para-hydroxylation sites is 1. The van der Waals surface area contributed by atoms with Crippen LogP contribution < -0.4 is 9.47 Å². The second-order valence-electron chi connectivity index (χ2n) is 4.59. The van der Waals surface area contributed by atoms with E-state index in [1.54, 1.807) is 12.1 Å². The van der Waals surface area contributed by atoms with E-state index in [9.17, 15) is 4.79 Å². The monoisotopic (exact) mass is 286 g/mol. The first-order valence-electron chi connectivity index (χ1n) is 6.76. The van der Waals surface area contributed by atoms with Gasteiger partial charge >= 0.3 is 5.97 Å². The number of carboxylic acid groups (broad SMARTS) is 1. The maximum Gasteiger partial charge on any atom is 0.339 e. The number of hydrogen-bond donors (Lipinski definition) is 1. The lowest BCUT2D eigenvalue weighted by atomic mass is 10.1. The number of hydrogen-bond acceptors (Lipinski definition) is 3. The van der Waals surface area contributed by atoms with Crippen LogP contribution in [-0.2, 0) is 13.0 Å². The number of methoxy groups -OCH3 is 1. The van der Waals surface area contributed by atoms with E-state index in [0.29, 0.717) is 12.4 Å². The summed E-state index contributed by atoms with van der Waals surface area (Å²) in [6.07, 6.45) is 0.900. The summed E-state index contributed by atoms with van der Waals surface area (Å²) in [5, 5.41) is 9.05. The molecule has 1 N–H and O–H groups in total. The van der Waals surface area contributed by atoms with Crippen LogP contribution in [0.3, 0.4) is 0 Å². The lowest BCUT2D eigenvalue weighted by molar-refractivity contribution is 0.0693. The molecule has 0 unspecified atom stereocenters. The number of benzene rings is 2. The molecule has 0 saturated carbocycles. The number of carbonyl (C=O) groups is 1. The van der Waals surface area contributed by atoms with Gasteiger partial charge in [-0.15, -0.1) is 0 Å². The molecule has 0 atom stereocenters. The van der Waals surface area contributed by atoms with E-state index in [2.05, 4.69) is 6.92 Å². The van der Waals surface area contributed by atoms with E-state index in [0.717, 1.165) is 23.3 Å². The molecule has 0 aliphatic carbocycles. The van der Waals surface area contributed by atoms with Gasteiger partial charge in [0.1, 0.15) is 23.7 Å². The Labute approximate surface area is 123 Å². The molecule has 0 amide bonds. The Morgan fingerprint density at radius 1 is 1.14 bits per heavy atom. The van der Waals surface area contributed by atoms with Crippen molar-refractivity contribution in [3.8, 4) is 11.5 Å². The molecular formula is C17H18O4. The normalized spacial score (nSPS) is 10.2. The van der Waals surface area contributed by atoms with E-state index in [1.807, 2.05) is 24.3 Å². The number of carboxylic acids is 1. The summed E-state index contributed by atoms with van der Waals surface area (Å²) in [4.78, 5) is 11.0. The van der Waals surface area contributed by atoms with Crippen LogP contribution in [0.4, 0.5) is 0 Å². The van der Waals surface area contributed by atoms with Crippen LogP contribution >= 0.6 is 0 Å². The highest BCUT2D eigenvalue weighted by Crippen LogP contribution is 2.23. The fourth-order valence-corrected chi connectivity index (χ4v) is 2.10. The summed E-state index contributed by atoms with van der Waals surface area (Å²) in [6, 6.07) is 12.8. The summed E-state index contributed by atoms with van der Waals surface area (Å²) in [5.41, 5.74) is 2.16.